The fourth-order valence-electron chi connectivity index (χ4n) is 2.81. The zero-order valence-corrected chi connectivity index (χ0v) is 19.9. The Balaban J connectivity index is 1.59. The molecular formula is C24H24ClN3OS2. The minimum Gasteiger partial charge on any atom is -0.332 e. The highest BCUT2D eigenvalue weighted by molar-refractivity contribution is 8.00. The fraction of sp³-hybridized carbons (Fsp3) is 0.167. The molecule has 160 valence electrons. The number of thiocarbonyl (C=S) groups is 1. The number of carbonyl (C=O) groups is 1. The molecule has 0 radical (unpaired) electrons. The Bertz CT molecular complexity index is 1090. The number of hydrogen-bond acceptors (Lipinski definition) is 3. The summed E-state index contributed by atoms with van der Waals surface area (Å²) in [5.41, 5.74) is 4.56. The van der Waals surface area contributed by atoms with Gasteiger partial charge in [0.2, 0.25) is 5.91 Å². The Morgan fingerprint density at radius 3 is 2.35 bits per heavy atom. The van der Waals surface area contributed by atoms with Gasteiger partial charge in [0, 0.05) is 27.0 Å². The standard InChI is InChI=1S/C24H24ClN3OS2/c1-15-10-12-18(13-11-15)26-24(30)27-19-6-4-7-20(14-19)31-17(3)23(29)28-22-9-5-8-21(25)16(22)2/h4-14,17H,1-3H3,(H,28,29)(H2,26,27,30). The molecule has 1 atom stereocenters. The van der Waals surface area contributed by atoms with Crippen molar-refractivity contribution >= 4 is 63.7 Å². The topological polar surface area (TPSA) is 53.2 Å². The number of halogens is 1. The monoisotopic (exact) mass is 469 g/mol. The second-order valence-electron chi connectivity index (χ2n) is 7.13. The third kappa shape index (κ3) is 6.72. The molecule has 0 aliphatic rings. The van der Waals surface area contributed by atoms with Crippen molar-refractivity contribution in [1.82, 2.24) is 0 Å². The van der Waals surface area contributed by atoms with E-state index in [9.17, 15) is 4.79 Å². The van der Waals surface area contributed by atoms with Gasteiger partial charge in [-0.25, -0.2) is 0 Å². The number of hydrogen-bond donors (Lipinski definition) is 3. The minimum atomic E-state index is -0.286. The van der Waals surface area contributed by atoms with Crippen molar-refractivity contribution in [2.24, 2.45) is 0 Å². The van der Waals surface area contributed by atoms with Crippen molar-refractivity contribution in [2.45, 2.75) is 30.9 Å². The second kappa shape index (κ2) is 10.7. The molecule has 0 fully saturated rings. The molecule has 3 aromatic rings. The maximum atomic E-state index is 12.6. The highest BCUT2D eigenvalue weighted by Gasteiger charge is 2.16. The molecule has 0 saturated heterocycles. The summed E-state index contributed by atoms with van der Waals surface area (Å²) in [6.45, 7) is 5.81. The first-order valence-corrected chi connectivity index (χ1v) is 11.5. The van der Waals surface area contributed by atoms with Gasteiger partial charge in [0.1, 0.15) is 0 Å². The van der Waals surface area contributed by atoms with Crippen LogP contribution < -0.4 is 16.0 Å². The summed E-state index contributed by atoms with van der Waals surface area (Å²) < 4.78 is 0. The van der Waals surface area contributed by atoms with Crippen LogP contribution in [0, 0.1) is 13.8 Å². The summed E-state index contributed by atoms with van der Waals surface area (Å²) in [5.74, 6) is -0.0784. The van der Waals surface area contributed by atoms with E-state index in [0.29, 0.717) is 10.1 Å². The van der Waals surface area contributed by atoms with E-state index in [4.69, 9.17) is 23.8 Å². The number of thioether (sulfide) groups is 1. The molecule has 0 aliphatic heterocycles. The molecule has 4 nitrogen and oxygen atoms in total. The average Bonchev–Trinajstić information content (AvgIpc) is 2.73. The molecule has 3 N–H and O–H groups in total. The zero-order valence-electron chi connectivity index (χ0n) is 17.5. The van der Waals surface area contributed by atoms with Crippen molar-refractivity contribution in [3.8, 4) is 0 Å². The molecule has 0 saturated carbocycles. The second-order valence-corrected chi connectivity index (χ2v) is 9.36. The van der Waals surface area contributed by atoms with Gasteiger partial charge in [-0.15, -0.1) is 11.8 Å². The minimum absolute atomic E-state index is 0.0784. The van der Waals surface area contributed by atoms with E-state index in [2.05, 4.69) is 16.0 Å². The summed E-state index contributed by atoms with van der Waals surface area (Å²) in [7, 11) is 0. The maximum absolute atomic E-state index is 12.6. The number of benzene rings is 3. The Hall–Kier alpha value is -2.54. The smallest absolute Gasteiger partial charge is 0.237 e. The zero-order chi connectivity index (χ0) is 22.4. The first-order chi connectivity index (χ1) is 14.8. The first-order valence-electron chi connectivity index (χ1n) is 9.79. The van der Waals surface area contributed by atoms with Gasteiger partial charge < -0.3 is 16.0 Å². The number of aryl methyl sites for hydroxylation is 1. The van der Waals surface area contributed by atoms with E-state index < -0.39 is 0 Å². The van der Waals surface area contributed by atoms with Crippen molar-refractivity contribution in [1.29, 1.82) is 0 Å². The summed E-state index contributed by atoms with van der Waals surface area (Å²) in [6, 6.07) is 21.3. The molecule has 0 heterocycles. The Labute approximate surface area is 197 Å². The maximum Gasteiger partial charge on any atom is 0.237 e. The van der Waals surface area contributed by atoms with Crippen molar-refractivity contribution < 1.29 is 4.79 Å². The molecule has 1 unspecified atom stereocenters. The fourth-order valence-corrected chi connectivity index (χ4v) is 4.15. The average molecular weight is 470 g/mol. The quantitative estimate of drug-likeness (QED) is 0.271. The number of nitrogens with one attached hydrogen (secondary N) is 3. The molecule has 0 aromatic heterocycles. The van der Waals surface area contributed by atoms with Crippen LogP contribution in [0.25, 0.3) is 0 Å². The van der Waals surface area contributed by atoms with E-state index in [0.717, 1.165) is 27.5 Å². The molecule has 0 aliphatic carbocycles. The predicted molar refractivity (Wildman–Crippen MR) is 138 cm³/mol. The van der Waals surface area contributed by atoms with Crippen LogP contribution in [0.5, 0.6) is 0 Å². The van der Waals surface area contributed by atoms with E-state index in [1.54, 1.807) is 6.07 Å². The largest absolute Gasteiger partial charge is 0.332 e. The first kappa shape index (κ1) is 23.1. The van der Waals surface area contributed by atoms with Gasteiger partial charge in [-0.3, -0.25) is 4.79 Å². The van der Waals surface area contributed by atoms with Gasteiger partial charge in [0.05, 0.1) is 5.25 Å². The summed E-state index contributed by atoms with van der Waals surface area (Å²) in [4.78, 5) is 13.6. The van der Waals surface area contributed by atoms with Gasteiger partial charge >= 0.3 is 0 Å². The van der Waals surface area contributed by atoms with Crippen LogP contribution >= 0.6 is 35.6 Å². The van der Waals surface area contributed by atoms with Crippen LogP contribution in [-0.4, -0.2) is 16.3 Å². The van der Waals surface area contributed by atoms with Crippen molar-refractivity contribution in [3.05, 3.63) is 82.9 Å². The lowest BCUT2D eigenvalue weighted by molar-refractivity contribution is -0.115. The molecule has 7 heteroatoms. The van der Waals surface area contributed by atoms with Gasteiger partial charge in [0.15, 0.2) is 5.11 Å². The number of amides is 1. The predicted octanol–water partition coefficient (Wildman–Crippen LogP) is 6.89. The van der Waals surface area contributed by atoms with Crippen molar-refractivity contribution in [2.75, 3.05) is 16.0 Å². The van der Waals surface area contributed by atoms with Crippen LogP contribution in [0.1, 0.15) is 18.1 Å². The molecule has 0 bridgehead atoms. The summed E-state index contributed by atoms with van der Waals surface area (Å²) >= 11 is 13.0. The molecule has 3 rings (SSSR count). The van der Waals surface area contributed by atoms with Gasteiger partial charge in [0.25, 0.3) is 0 Å². The molecular weight excluding hydrogens is 446 g/mol. The third-order valence-electron chi connectivity index (χ3n) is 4.61. The summed E-state index contributed by atoms with van der Waals surface area (Å²) in [5, 5.41) is 10.2. The molecule has 31 heavy (non-hydrogen) atoms. The van der Waals surface area contributed by atoms with Crippen LogP contribution in [0.4, 0.5) is 17.1 Å². The van der Waals surface area contributed by atoms with Crippen LogP contribution in [0.15, 0.2) is 71.6 Å². The van der Waals surface area contributed by atoms with Crippen LogP contribution in [-0.2, 0) is 4.79 Å². The highest BCUT2D eigenvalue weighted by atomic mass is 35.5. The van der Waals surface area contributed by atoms with Crippen molar-refractivity contribution in [3.63, 3.8) is 0 Å². The number of carbonyl (C=O) groups excluding carboxylic acids is 1. The Morgan fingerprint density at radius 2 is 1.61 bits per heavy atom. The number of rotatable bonds is 6. The highest BCUT2D eigenvalue weighted by Crippen LogP contribution is 2.28. The number of anilines is 3. The molecule has 3 aromatic carbocycles. The van der Waals surface area contributed by atoms with Crippen LogP contribution in [0.2, 0.25) is 5.02 Å². The van der Waals surface area contributed by atoms with E-state index in [1.165, 1.54) is 17.3 Å². The van der Waals surface area contributed by atoms with Gasteiger partial charge in [-0.1, -0.05) is 41.4 Å². The molecule has 0 spiro atoms. The Morgan fingerprint density at radius 1 is 0.935 bits per heavy atom. The lowest BCUT2D eigenvalue weighted by atomic mass is 10.2. The lowest BCUT2D eigenvalue weighted by Gasteiger charge is -2.15. The Kier molecular flexibility index (Phi) is 7.96. The lowest BCUT2D eigenvalue weighted by Crippen LogP contribution is -2.23. The SMILES string of the molecule is Cc1ccc(NC(=S)Nc2cccc(SC(C)C(=O)Nc3cccc(Cl)c3C)c2)cc1. The molecule has 1 amide bonds. The van der Waals surface area contributed by atoms with E-state index in [1.807, 2.05) is 81.4 Å². The van der Waals surface area contributed by atoms with Crippen LogP contribution in [0.3, 0.4) is 0 Å². The summed E-state index contributed by atoms with van der Waals surface area (Å²) in [6.07, 6.45) is 0. The normalized spacial score (nSPS) is 11.5. The van der Waals surface area contributed by atoms with Gasteiger partial charge in [-0.2, -0.15) is 0 Å². The van der Waals surface area contributed by atoms with Gasteiger partial charge in [-0.05, 0) is 81.0 Å². The van der Waals surface area contributed by atoms with E-state index >= 15 is 0 Å². The third-order valence-corrected chi connectivity index (χ3v) is 6.32. The van der Waals surface area contributed by atoms with E-state index in [-0.39, 0.29) is 11.2 Å².